The molecular weight excluding hydrogens is 286 g/mol. The van der Waals surface area contributed by atoms with Crippen molar-refractivity contribution in [1.29, 1.82) is 0 Å². The number of hydrogen-bond donors (Lipinski definition) is 1. The Kier molecular flexibility index (Phi) is 3.47. The van der Waals surface area contributed by atoms with Crippen molar-refractivity contribution in [3.63, 3.8) is 0 Å². The monoisotopic (exact) mass is 305 g/mol. The third-order valence-corrected chi connectivity index (χ3v) is 5.59. The molecule has 0 bridgehead atoms. The molecule has 1 atom stereocenters. The standard InChI is InChI=1S/C20H19NS/c21-16-6-3-4-14(12-16)13-19-17-7-2-1-5-15(17)8-9-20-18(19)10-11-22-20/h1-7,10-12,19H,8-9,13,21H2/t19-/m0/s1. The summed E-state index contributed by atoms with van der Waals surface area (Å²) in [5.41, 5.74) is 12.6. The van der Waals surface area contributed by atoms with Gasteiger partial charge in [-0.15, -0.1) is 11.3 Å². The first-order valence-corrected chi connectivity index (χ1v) is 8.68. The molecule has 0 saturated carbocycles. The maximum atomic E-state index is 5.97. The van der Waals surface area contributed by atoms with Gasteiger partial charge < -0.3 is 5.73 Å². The minimum absolute atomic E-state index is 0.446. The highest BCUT2D eigenvalue weighted by molar-refractivity contribution is 7.10. The zero-order chi connectivity index (χ0) is 14.9. The van der Waals surface area contributed by atoms with Crippen molar-refractivity contribution in [3.05, 3.63) is 87.1 Å². The molecule has 1 aliphatic rings. The Morgan fingerprint density at radius 3 is 2.77 bits per heavy atom. The Hall–Kier alpha value is -2.06. The fraction of sp³-hybridized carbons (Fsp3) is 0.200. The summed E-state index contributed by atoms with van der Waals surface area (Å²) in [5.74, 6) is 0.446. The molecule has 2 N–H and O–H groups in total. The first kappa shape index (κ1) is 13.6. The van der Waals surface area contributed by atoms with Crippen molar-refractivity contribution >= 4 is 17.0 Å². The maximum absolute atomic E-state index is 5.97. The van der Waals surface area contributed by atoms with Crippen LogP contribution in [0.1, 0.15) is 33.0 Å². The van der Waals surface area contributed by atoms with E-state index in [1.807, 2.05) is 17.4 Å². The van der Waals surface area contributed by atoms with Crippen molar-refractivity contribution in [1.82, 2.24) is 0 Å². The van der Waals surface area contributed by atoms with Crippen molar-refractivity contribution < 1.29 is 0 Å². The molecule has 2 aromatic carbocycles. The summed E-state index contributed by atoms with van der Waals surface area (Å²) in [4.78, 5) is 1.55. The molecule has 1 aliphatic carbocycles. The molecule has 1 aromatic heterocycles. The van der Waals surface area contributed by atoms with E-state index in [9.17, 15) is 0 Å². The number of fused-ring (bicyclic) bond motifs is 2. The second-order valence-electron chi connectivity index (χ2n) is 6.00. The predicted octanol–water partition coefficient (Wildman–Crippen LogP) is 4.80. The third-order valence-electron chi connectivity index (χ3n) is 4.60. The minimum Gasteiger partial charge on any atom is -0.399 e. The van der Waals surface area contributed by atoms with Crippen molar-refractivity contribution in [2.75, 3.05) is 5.73 Å². The van der Waals surface area contributed by atoms with Crippen molar-refractivity contribution in [2.24, 2.45) is 0 Å². The SMILES string of the molecule is Nc1cccc(C[C@H]2c3ccccc3CCc3sccc32)c1. The van der Waals surface area contributed by atoms with Crippen molar-refractivity contribution in [3.8, 4) is 0 Å². The van der Waals surface area contributed by atoms with Crippen LogP contribution < -0.4 is 5.73 Å². The van der Waals surface area contributed by atoms with E-state index in [-0.39, 0.29) is 0 Å². The Morgan fingerprint density at radius 2 is 1.86 bits per heavy atom. The first-order valence-electron chi connectivity index (χ1n) is 7.80. The van der Waals surface area contributed by atoms with Crippen LogP contribution in [0.15, 0.2) is 60.0 Å². The van der Waals surface area contributed by atoms with Gasteiger partial charge in [0.25, 0.3) is 0 Å². The van der Waals surface area contributed by atoms with E-state index in [4.69, 9.17) is 5.73 Å². The van der Waals surface area contributed by atoms with E-state index < -0.39 is 0 Å². The van der Waals surface area contributed by atoms with Crippen LogP contribution in [0.4, 0.5) is 5.69 Å². The van der Waals surface area contributed by atoms with Gasteiger partial charge in [-0.25, -0.2) is 0 Å². The second kappa shape index (κ2) is 5.62. The summed E-state index contributed by atoms with van der Waals surface area (Å²) < 4.78 is 0. The normalized spacial score (nSPS) is 16.6. The summed E-state index contributed by atoms with van der Waals surface area (Å²) in [5, 5.41) is 2.24. The Balaban J connectivity index is 1.81. The number of thiophene rings is 1. The number of nitrogen functional groups attached to an aromatic ring is 1. The molecule has 0 spiro atoms. The number of rotatable bonds is 2. The minimum atomic E-state index is 0.446. The summed E-state index contributed by atoms with van der Waals surface area (Å²) in [6.07, 6.45) is 3.33. The van der Waals surface area contributed by atoms with Crippen LogP contribution >= 0.6 is 11.3 Å². The Bertz CT molecular complexity index is 803. The molecule has 1 nitrogen and oxygen atoms in total. The van der Waals surface area contributed by atoms with Crippen LogP contribution in [0, 0.1) is 0 Å². The van der Waals surface area contributed by atoms with Gasteiger partial charge in [-0.05, 0) is 65.1 Å². The third kappa shape index (κ3) is 2.44. The smallest absolute Gasteiger partial charge is 0.0316 e. The fourth-order valence-corrected chi connectivity index (χ4v) is 4.50. The number of benzene rings is 2. The van der Waals surface area contributed by atoms with Crippen LogP contribution in [-0.4, -0.2) is 0 Å². The van der Waals surface area contributed by atoms with Gasteiger partial charge in [0, 0.05) is 16.5 Å². The lowest BCUT2D eigenvalue weighted by Crippen LogP contribution is -2.06. The molecule has 0 fully saturated rings. The quantitative estimate of drug-likeness (QED) is 0.676. The molecule has 0 saturated heterocycles. The second-order valence-corrected chi connectivity index (χ2v) is 7.00. The van der Waals surface area contributed by atoms with Gasteiger partial charge in [0.05, 0.1) is 0 Å². The van der Waals surface area contributed by atoms with E-state index in [1.165, 1.54) is 22.3 Å². The number of hydrogen-bond acceptors (Lipinski definition) is 2. The van der Waals surface area contributed by atoms with Crippen LogP contribution in [0.2, 0.25) is 0 Å². The van der Waals surface area contributed by atoms with Crippen LogP contribution in [0.3, 0.4) is 0 Å². The van der Waals surface area contributed by atoms with Crippen molar-refractivity contribution in [2.45, 2.75) is 25.2 Å². The number of aryl methyl sites for hydroxylation is 2. The highest BCUT2D eigenvalue weighted by Gasteiger charge is 2.24. The average molecular weight is 305 g/mol. The zero-order valence-electron chi connectivity index (χ0n) is 12.5. The molecule has 0 amide bonds. The summed E-state index contributed by atoms with van der Waals surface area (Å²) in [6.45, 7) is 0. The van der Waals surface area contributed by atoms with Crippen LogP contribution in [0.5, 0.6) is 0 Å². The van der Waals surface area contributed by atoms with E-state index in [1.54, 1.807) is 4.88 Å². The lowest BCUT2D eigenvalue weighted by molar-refractivity contribution is 0.804. The van der Waals surface area contributed by atoms with Crippen LogP contribution in [0.25, 0.3) is 0 Å². The predicted molar refractivity (Wildman–Crippen MR) is 94.6 cm³/mol. The molecule has 3 aromatic rings. The molecule has 0 unspecified atom stereocenters. The Morgan fingerprint density at radius 1 is 0.955 bits per heavy atom. The van der Waals surface area contributed by atoms with Gasteiger partial charge >= 0.3 is 0 Å². The fourth-order valence-electron chi connectivity index (χ4n) is 3.56. The van der Waals surface area contributed by atoms with Gasteiger partial charge in [0.15, 0.2) is 0 Å². The molecular formula is C20H19NS. The summed E-state index contributed by atoms with van der Waals surface area (Å²) in [6, 6.07) is 19.6. The summed E-state index contributed by atoms with van der Waals surface area (Å²) in [7, 11) is 0. The highest BCUT2D eigenvalue weighted by atomic mass is 32.1. The molecule has 110 valence electrons. The van der Waals surface area contributed by atoms with E-state index >= 15 is 0 Å². The topological polar surface area (TPSA) is 26.0 Å². The average Bonchev–Trinajstić information content (AvgIpc) is 2.94. The summed E-state index contributed by atoms with van der Waals surface area (Å²) >= 11 is 1.90. The van der Waals surface area contributed by atoms with E-state index in [2.05, 4.69) is 53.9 Å². The van der Waals surface area contributed by atoms with Gasteiger partial charge in [-0.2, -0.15) is 0 Å². The molecule has 0 aliphatic heterocycles. The van der Waals surface area contributed by atoms with Gasteiger partial charge in [-0.1, -0.05) is 36.4 Å². The number of nitrogens with two attached hydrogens (primary N) is 1. The zero-order valence-corrected chi connectivity index (χ0v) is 13.3. The Labute approximate surface area is 135 Å². The van der Waals surface area contributed by atoms with E-state index in [0.29, 0.717) is 5.92 Å². The highest BCUT2D eigenvalue weighted by Crippen LogP contribution is 2.38. The molecule has 2 heteroatoms. The van der Waals surface area contributed by atoms with Gasteiger partial charge in [0.1, 0.15) is 0 Å². The van der Waals surface area contributed by atoms with Gasteiger partial charge in [0.2, 0.25) is 0 Å². The molecule has 4 rings (SSSR count). The number of anilines is 1. The largest absolute Gasteiger partial charge is 0.399 e. The lowest BCUT2D eigenvalue weighted by atomic mass is 9.85. The molecule has 1 heterocycles. The first-order chi connectivity index (χ1) is 10.8. The van der Waals surface area contributed by atoms with Gasteiger partial charge in [-0.3, -0.25) is 0 Å². The lowest BCUT2D eigenvalue weighted by Gasteiger charge is -2.19. The molecule has 0 radical (unpaired) electrons. The van der Waals surface area contributed by atoms with E-state index in [0.717, 1.165) is 24.9 Å². The maximum Gasteiger partial charge on any atom is 0.0316 e. The molecule has 22 heavy (non-hydrogen) atoms. The van der Waals surface area contributed by atoms with Crippen LogP contribution in [-0.2, 0) is 19.3 Å².